The number of carbonyl (C=O) groups is 2. The summed E-state index contributed by atoms with van der Waals surface area (Å²) in [5, 5.41) is 0.692. The van der Waals surface area contributed by atoms with Crippen molar-refractivity contribution in [3.05, 3.63) is 34.9 Å². The molecule has 2 bridgehead atoms. The highest BCUT2D eigenvalue weighted by Crippen LogP contribution is 2.42. The first-order valence-electron chi connectivity index (χ1n) is 10.1. The minimum absolute atomic E-state index is 0. The molecule has 2 amide bonds. The Hall–Kier alpha value is -1.30. The highest BCUT2D eigenvalue weighted by Gasteiger charge is 2.42. The zero-order valence-corrected chi connectivity index (χ0v) is 17.6. The number of hydrogen-bond donors (Lipinski definition) is 1. The lowest BCUT2D eigenvalue weighted by Crippen LogP contribution is -2.55. The summed E-state index contributed by atoms with van der Waals surface area (Å²) in [6, 6.07) is 7.83. The van der Waals surface area contributed by atoms with Crippen molar-refractivity contribution in [1.82, 2.24) is 9.80 Å². The lowest BCUT2D eigenvalue weighted by molar-refractivity contribution is -0.149. The second-order valence-corrected chi connectivity index (χ2v) is 8.83. The molecule has 1 aliphatic heterocycles. The Morgan fingerprint density at radius 3 is 2.36 bits per heavy atom. The summed E-state index contributed by atoms with van der Waals surface area (Å²) < 4.78 is 0. The van der Waals surface area contributed by atoms with E-state index in [1.165, 1.54) is 6.42 Å². The van der Waals surface area contributed by atoms with E-state index in [9.17, 15) is 9.59 Å². The van der Waals surface area contributed by atoms with Gasteiger partial charge < -0.3 is 15.5 Å². The predicted octanol–water partition coefficient (Wildman–Crippen LogP) is 3.09. The van der Waals surface area contributed by atoms with E-state index < -0.39 is 0 Å². The van der Waals surface area contributed by atoms with Crippen LogP contribution < -0.4 is 5.73 Å². The first kappa shape index (κ1) is 21.4. The number of nitrogens with zero attached hydrogens (tertiary/aromatic N) is 2. The van der Waals surface area contributed by atoms with Crippen molar-refractivity contribution in [3.63, 3.8) is 0 Å². The van der Waals surface area contributed by atoms with E-state index in [1.807, 2.05) is 29.2 Å². The molecule has 7 heteroatoms. The minimum atomic E-state index is 0. The third-order valence-electron chi connectivity index (χ3n) is 6.68. The molecule has 154 valence electrons. The number of hydrogen-bond acceptors (Lipinski definition) is 3. The van der Waals surface area contributed by atoms with Gasteiger partial charge in [0, 0.05) is 36.6 Å². The monoisotopic (exact) mass is 425 g/mol. The first-order chi connectivity index (χ1) is 13.0. The molecule has 0 radical (unpaired) electrons. The Balaban J connectivity index is 0.00000225. The fourth-order valence-electron chi connectivity index (χ4n) is 5.12. The number of carbonyl (C=O) groups excluding carboxylic acids is 2. The van der Waals surface area contributed by atoms with Gasteiger partial charge in [-0.15, -0.1) is 12.4 Å². The van der Waals surface area contributed by atoms with E-state index in [-0.39, 0.29) is 42.7 Å². The van der Waals surface area contributed by atoms with Gasteiger partial charge in [0.2, 0.25) is 11.8 Å². The second kappa shape index (κ2) is 9.02. The molecule has 5 nitrogen and oxygen atoms in total. The number of nitrogens with two attached hydrogens (primary N) is 1. The van der Waals surface area contributed by atoms with Crippen molar-refractivity contribution in [3.8, 4) is 0 Å². The van der Waals surface area contributed by atoms with E-state index in [4.69, 9.17) is 17.3 Å². The maximum absolute atomic E-state index is 13.0. The lowest BCUT2D eigenvalue weighted by atomic mass is 9.65. The van der Waals surface area contributed by atoms with Crippen molar-refractivity contribution in [1.29, 1.82) is 0 Å². The van der Waals surface area contributed by atoms with E-state index in [2.05, 4.69) is 0 Å². The molecule has 2 aliphatic carbocycles. The number of halogens is 2. The van der Waals surface area contributed by atoms with Crippen LogP contribution in [0.1, 0.15) is 37.7 Å². The molecule has 2 unspecified atom stereocenters. The zero-order valence-electron chi connectivity index (χ0n) is 16.1. The van der Waals surface area contributed by atoms with Crippen LogP contribution >= 0.6 is 24.0 Å². The van der Waals surface area contributed by atoms with Gasteiger partial charge in [-0.3, -0.25) is 9.59 Å². The number of amides is 2. The molecule has 1 aromatic rings. The average molecular weight is 426 g/mol. The van der Waals surface area contributed by atoms with E-state index in [0.717, 1.165) is 31.2 Å². The van der Waals surface area contributed by atoms with Crippen molar-refractivity contribution in [2.75, 3.05) is 19.6 Å². The molecule has 2 atom stereocenters. The summed E-state index contributed by atoms with van der Waals surface area (Å²) in [5.74, 6) is 1.20. The van der Waals surface area contributed by atoms with Gasteiger partial charge in [-0.05, 0) is 55.2 Å². The number of fused-ring (bicyclic) bond motifs is 2. The first-order valence-corrected chi connectivity index (χ1v) is 10.5. The fourth-order valence-corrected chi connectivity index (χ4v) is 5.25. The van der Waals surface area contributed by atoms with Gasteiger partial charge in [-0.1, -0.05) is 30.2 Å². The van der Waals surface area contributed by atoms with Crippen LogP contribution in [0.15, 0.2) is 24.3 Å². The third kappa shape index (κ3) is 4.47. The standard InChI is InChI=1S/C21H28ClN3O2.ClH/c22-18-6-4-14(5-7-18)12-24-8-9-25(13-19(24)26)21(27)17-10-15-2-1-3-16(11-17)20(15)23;/h4-7,15-17,20H,1-3,8-13,23H2;1H. The molecule has 2 saturated carbocycles. The molecule has 0 spiro atoms. The summed E-state index contributed by atoms with van der Waals surface area (Å²) in [6.45, 7) is 1.98. The number of benzene rings is 1. The Morgan fingerprint density at radius 1 is 1.11 bits per heavy atom. The minimum Gasteiger partial charge on any atom is -0.335 e. The van der Waals surface area contributed by atoms with Crippen LogP contribution in [-0.4, -0.2) is 47.3 Å². The summed E-state index contributed by atoms with van der Waals surface area (Å²) in [7, 11) is 0. The summed E-state index contributed by atoms with van der Waals surface area (Å²) in [4.78, 5) is 29.2. The maximum atomic E-state index is 13.0. The molecule has 1 saturated heterocycles. The topological polar surface area (TPSA) is 66.6 Å². The second-order valence-electron chi connectivity index (χ2n) is 8.40. The Kier molecular flexibility index (Phi) is 6.89. The molecular weight excluding hydrogens is 397 g/mol. The average Bonchev–Trinajstić information content (AvgIpc) is 2.64. The van der Waals surface area contributed by atoms with Crippen LogP contribution in [0.25, 0.3) is 0 Å². The van der Waals surface area contributed by atoms with Crippen LogP contribution in [0.3, 0.4) is 0 Å². The maximum Gasteiger partial charge on any atom is 0.242 e. The van der Waals surface area contributed by atoms with Gasteiger partial charge in [0.25, 0.3) is 0 Å². The van der Waals surface area contributed by atoms with Gasteiger partial charge in [0.15, 0.2) is 0 Å². The highest BCUT2D eigenvalue weighted by molar-refractivity contribution is 6.30. The summed E-state index contributed by atoms with van der Waals surface area (Å²) in [6.07, 6.45) is 5.33. The van der Waals surface area contributed by atoms with Crippen LogP contribution in [0.2, 0.25) is 5.02 Å². The molecule has 3 fully saturated rings. The largest absolute Gasteiger partial charge is 0.335 e. The van der Waals surface area contributed by atoms with Gasteiger partial charge >= 0.3 is 0 Å². The molecular formula is C21H29Cl2N3O2. The van der Waals surface area contributed by atoms with Crippen LogP contribution in [0, 0.1) is 17.8 Å². The van der Waals surface area contributed by atoms with Crippen molar-refractivity contribution in [2.45, 2.75) is 44.7 Å². The normalized spacial score (nSPS) is 30.0. The van der Waals surface area contributed by atoms with E-state index >= 15 is 0 Å². The molecule has 3 aliphatic rings. The molecule has 2 N–H and O–H groups in total. The van der Waals surface area contributed by atoms with Crippen LogP contribution in [0.5, 0.6) is 0 Å². The molecule has 0 aromatic heterocycles. The molecule has 1 aromatic carbocycles. The Morgan fingerprint density at radius 2 is 1.75 bits per heavy atom. The third-order valence-corrected chi connectivity index (χ3v) is 6.93. The fraction of sp³-hybridized carbons (Fsp3) is 0.619. The SMILES string of the molecule is Cl.NC1C2CCCC1CC(C(=O)N1CCN(Cc3ccc(Cl)cc3)C(=O)C1)C2. The summed E-state index contributed by atoms with van der Waals surface area (Å²) >= 11 is 5.92. The Labute approximate surface area is 178 Å². The van der Waals surface area contributed by atoms with Crippen molar-refractivity contribution in [2.24, 2.45) is 23.5 Å². The van der Waals surface area contributed by atoms with E-state index in [1.54, 1.807) is 4.90 Å². The molecule has 4 rings (SSSR count). The highest BCUT2D eigenvalue weighted by atomic mass is 35.5. The quantitative estimate of drug-likeness (QED) is 0.808. The van der Waals surface area contributed by atoms with Crippen LogP contribution in [0.4, 0.5) is 0 Å². The predicted molar refractivity (Wildman–Crippen MR) is 112 cm³/mol. The Bertz CT molecular complexity index is 698. The number of rotatable bonds is 3. The van der Waals surface area contributed by atoms with Gasteiger partial charge in [-0.25, -0.2) is 0 Å². The van der Waals surface area contributed by atoms with Crippen molar-refractivity contribution >= 4 is 35.8 Å². The zero-order chi connectivity index (χ0) is 19.0. The number of piperazine rings is 1. The van der Waals surface area contributed by atoms with Crippen molar-refractivity contribution < 1.29 is 9.59 Å². The lowest BCUT2D eigenvalue weighted by Gasteiger charge is -2.45. The summed E-state index contributed by atoms with van der Waals surface area (Å²) in [5.41, 5.74) is 7.41. The van der Waals surface area contributed by atoms with Gasteiger partial charge in [0.05, 0.1) is 6.54 Å². The smallest absolute Gasteiger partial charge is 0.242 e. The van der Waals surface area contributed by atoms with E-state index in [0.29, 0.717) is 36.5 Å². The van der Waals surface area contributed by atoms with Crippen LogP contribution in [-0.2, 0) is 16.1 Å². The van der Waals surface area contributed by atoms with Gasteiger partial charge in [-0.2, -0.15) is 0 Å². The molecule has 28 heavy (non-hydrogen) atoms. The molecule has 1 heterocycles. The van der Waals surface area contributed by atoms with Gasteiger partial charge in [0.1, 0.15) is 0 Å².